The smallest absolute Gasteiger partial charge is 0.123 e. The molecule has 1 nitrogen and oxygen atoms in total. The van der Waals surface area contributed by atoms with Crippen LogP contribution in [0, 0.1) is 12.7 Å². The summed E-state index contributed by atoms with van der Waals surface area (Å²) in [7, 11) is 0. The van der Waals surface area contributed by atoms with Gasteiger partial charge in [0.2, 0.25) is 0 Å². The van der Waals surface area contributed by atoms with E-state index in [0.29, 0.717) is 11.6 Å². The summed E-state index contributed by atoms with van der Waals surface area (Å²) in [4.78, 5) is 0. The zero-order chi connectivity index (χ0) is 12.3. The van der Waals surface area contributed by atoms with Crippen LogP contribution in [0.15, 0.2) is 42.5 Å². The van der Waals surface area contributed by atoms with E-state index < -0.39 is 0 Å². The molecule has 0 bridgehead atoms. The van der Waals surface area contributed by atoms with E-state index in [-0.39, 0.29) is 5.82 Å². The van der Waals surface area contributed by atoms with E-state index in [0.717, 1.165) is 16.8 Å². The molecule has 0 saturated heterocycles. The van der Waals surface area contributed by atoms with Crippen molar-refractivity contribution in [1.82, 2.24) is 0 Å². The highest BCUT2D eigenvalue weighted by Crippen LogP contribution is 2.17. The third-order valence-corrected chi connectivity index (χ3v) is 2.85. The Hall–Kier alpha value is -1.54. The van der Waals surface area contributed by atoms with Gasteiger partial charge >= 0.3 is 0 Å². The molecule has 88 valence electrons. The second kappa shape index (κ2) is 5.19. The zero-order valence-corrected chi connectivity index (χ0v) is 10.3. The Morgan fingerprint density at radius 3 is 2.71 bits per heavy atom. The molecule has 0 aliphatic rings. The fourth-order valence-corrected chi connectivity index (χ4v) is 1.84. The van der Waals surface area contributed by atoms with Crippen molar-refractivity contribution >= 4 is 17.3 Å². The quantitative estimate of drug-likeness (QED) is 0.850. The predicted molar refractivity (Wildman–Crippen MR) is 69.9 cm³/mol. The highest BCUT2D eigenvalue weighted by molar-refractivity contribution is 6.30. The molecule has 2 aromatic carbocycles. The Kier molecular flexibility index (Phi) is 3.64. The average molecular weight is 250 g/mol. The van der Waals surface area contributed by atoms with Crippen molar-refractivity contribution in [2.45, 2.75) is 13.5 Å². The van der Waals surface area contributed by atoms with Gasteiger partial charge in [-0.1, -0.05) is 23.7 Å². The lowest BCUT2D eigenvalue weighted by Gasteiger charge is -2.09. The number of aryl methyl sites for hydroxylation is 1. The Bertz CT molecular complexity index is 525. The van der Waals surface area contributed by atoms with Gasteiger partial charge in [-0.05, 0) is 48.4 Å². The van der Waals surface area contributed by atoms with E-state index in [1.807, 2.05) is 31.2 Å². The molecule has 0 amide bonds. The SMILES string of the molecule is Cc1cc(F)ccc1CNc1cccc(Cl)c1. The van der Waals surface area contributed by atoms with Gasteiger partial charge in [-0.25, -0.2) is 4.39 Å². The molecule has 0 saturated carbocycles. The van der Waals surface area contributed by atoms with Crippen molar-refractivity contribution in [3.05, 3.63) is 64.4 Å². The van der Waals surface area contributed by atoms with Crippen molar-refractivity contribution in [2.24, 2.45) is 0 Å². The molecule has 0 fully saturated rings. The van der Waals surface area contributed by atoms with Crippen molar-refractivity contribution in [3.63, 3.8) is 0 Å². The maximum atomic E-state index is 12.9. The maximum absolute atomic E-state index is 12.9. The van der Waals surface area contributed by atoms with E-state index in [4.69, 9.17) is 11.6 Å². The Labute approximate surface area is 105 Å². The lowest BCUT2D eigenvalue weighted by Crippen LogP contribution is -2.01. The number of anilines is 1. The van der Waals surface area contributed by atoms with Gasteiger partial charge in [0.25, 0.3) is 0 Å². The molecule has 0 heterocycles. The zero-order valence-electron chi connectivity index (χ0n) is 9.50. The fourth-order valence-electron chi connectivity index (χ4n) is 1.65. The molecule has 0 aliphatic carbocycles. The minimum absolute atomic E-state index is 0.200. The number of hydrogen-bond acceptors (Lipinski definition) is 1. The van der Waals surface area contributed by atoms with E-state index in [1.165, 1.54) is 12.1 Å². The predicted octanol–water partition coefficient (Wildman–Crippen LogP) is 4.40. The van der Waals surface area contributed by atoms with Crippen LogP contribution in [0.3, 0.4) is 0 Å². The van der Waals surface area contributed by atoms with Crippen LogP contribution in [0.2, 0.25) is 5.02 Å². The van der Waals surface area contributed by atoms with Crippen LogP contribution in [0.1, 0.15) is 11.1 Å². The van der Waals surface area contributed by atoms with Crippen LogP contribution >= 0.6 is 11.6 Å². The van der Waals surface area contributed by atoms with Crippen LogP contribution in [-0.4, -0.2) is 0 Å². The molecule has 17 heavy (non-hydrogen) atoms. The Morgan fingerprint density at radius 2 is 2.00 bits per heavy atom. The number of rotatable bonds is 3. The van der Waals surface area contributed by atoms with E-state index in [1.54, 1.807) is 6.07 Å². The molecule has 2 rings (SSSR count). The lowest BCUT2D eigenvalue weighted by molar-refractivity contribution is 0.625. The summed E-state index contributed by atoms with van der Waals surface area (Å²) >= 11 is 5.89. The van der Waals surface area contributed by atoms with Gasteiger partial charge in [-0.3, -0.25) is 0 Å². The maximum Gasteiger partial charge on any atom is 0.123 e. The first-order chi connectivity index (χ1) is 8.15. The van der Waals surface area contributed by atoms with Gasteiger partial charge in [0, 0.05) is 17.3 Å². The van der Waals surface area contributed by atoms with Crippen molar-refractivity contribution < 1.29 is 4.39 Å². The minimum Gasteiger partial charge on any atom is -0.381 e. The first-order valence-electron chi connectivity index (χ1n) is 5.39. The van der Waals surface area contributed by atoms with E-state index >= 15 is 0 Å². The first kappa shape index (κ1) is 11.9. The second-order valence-electron chi connectivity index (χ2n) is 3.93. The lowest BCUT2D eigenvalue weighted by atomic mass is 10.1. The summed E-state index contributed by atoms with van der Waals surface area (Å²) in [6.07, 6.45) is 0. The molecule has 0 radical (unpaired) electrons. The highest BCUT2D eigenvalue weighted by Gasteiger charge is 2.00. The molecule has 0 unspecified atom stereocenters. The molecule has 0 spiro atoms. The summed E-state index contributed by atoms with van der Waals surface area (Å²) in [5.41, 5.74) is 2.98. The van der Waals surface area contributed by atoms with Crippen molar-refractivity contribution in [2.75, 3.05) is 5.32 Å². The van der Waals surface area contributed by atoms with Crippen LogP contribution in [0.4, 0.5) is 10.1 Å². The fraction of sp³-hybridized carbons (Fsp3) is 0.143. The Balaban J connectivity index is 2.07. The molecular formula is C14H13ClFN. The third kappa shape index (κ3) is 3.21. The molecule has 1 N–H and O–H groups in total. The van der Waals surface area contributed by atoms with Gasteiger partial charge in [0.05, 0.1) is 0 Å². The number of halogens is 2. The second-order valence-corrected chi connectivity index (χ2v) is 4.37. The number of benzene rings is 2. The largest absolute Gasteiger partial charge is 0.381 e. The van der Waals surface area contributed by atoms with Gasteiger partial charge in [0.1, 0.15) is 5.82 Å². The van der Waals surface area contributed by atoms with Crippen LogP contribution in [0.5, 0.6) is 0 Å². The molecule has 0 aliphatic heterocycles. The normalized spacial score (nSPS) is 10.3. The average Bonchev–Trinajstić information content (AvgIpc) is 2.28. The van der Waals surface area contributed by atoms with Crippen molar-refractivity contribution in [3.8, 4) is 0 Å². The number of nitrogens with one attached hydrogen (secondary N) is 1. The van der Waals surface area contributed by atoms with Gasteiger partial charge in [-0.15, -0.1) is 0 Å². The summed E-state index contributed by atoms with van der Waals surface area (Å²) < 4.78 is 12.9. The third-order valence-electron chi connectivity index (χ3n) is 2.61. The van der Waals surface area contributed by atoms with E-state index in [9.17, 15) is 4.39 Å². The minimum atomic E-state index is -0.200. The van der Waals surface area contributed by atoms with Gasteiger partial charge < -0.3 is 5.32 Å². The van der Waals surface area contributed by atoms with Gasteiger partial charge in [-0.2, -0.15) is 0 Å². The molecular weight excluding hydrogens is 237 g/mol. The topological polar surface area (TPSA) is 12.0 Å². The molecule has 0 aromatic heterocycles. The highest BCUT2D eigenvalue weighted by atomic mass is 35.5. The summed E-state index contributed by atoms with van der Waals surface area (Å²) in [6.45, 7) is 2.56. The monoisotopic (exact) mass is 249 g/mol. The standard InChI is InChI=1S/C14H13ClFN/c1-10-7-13(16)6-5-11(10)9-17-14-4-2-3-12(15)8-14/h2-8,17H,9H2,1H3. The van der Waals surface area contributed by atoms with Crippen LogP contribution < -0.4 is 5.32 Å². The van der Waals surface area contributed by atoms with Crippen LogP contribution in [0.25, 0.3) is 0 Å². The first-order valence-corrected chi connectivity index (χ1v) is 5.77. The number of hydrogen-bond donors (Lipinski definition) is 1. The van der Waals surface area contributed by atoms with Gasteiger partial charge in [0.15, 0.2) is 0 Å². The van der Waals surface area contributed by atoms with Crippen LogP contribution in [-0.2, 0) is 6.54 Å². The van der Waals surface area contributed by atoms with Crippen molar-refractivity contribution in [1.29, 1.82) is 0 Å². The summed E-state index contributed by atoms with van der Waals surface area (Å²) in [5, 5.41) is 3.96. The molecule has 3 heteroatoms. The Morgan fingerprint density at radius 1 is 1.18 bits per heavy atom. The summed E-state index contributed by atoms with van der Waals surface area (Å²) in [6, 6.07) is 12.3. The van der Waals surface area contributed by atoms with E-state index in [2.05, 4.69) is 5.32 Å². The summed E-state index contributed by atoms with van der Waals surface area (Å²) in [5.74, 6) is -0.200. The molecule has 0 atom stereocenters. The molecule has 2 aromatic rings.